The summed E-state index contributed by atoms with van der Waals surface area (Å²) in [7, 11) is 0. The van der Waals surface area contributed by atoms with E-state index in [2.05, 4.69) is 10.3 Å². The van der Waals surface area contributed by atoms with Crippen molar-refractivity contribution in [1.82, 2.24) is 10.3 Å². The molecule has 0 aromatic carbocycles. The van der Waals surface area contributed by atoms with Crippen LogP contribution in [0.15, 0.2) is 12.1 Å². The number of carbonyl (C=O) groups is 2. The number of nitrogens with zero attached hydrogens (tertiary/aromatic N) is 3. The topological polar surface area (TPSA) is 126 Å². The number of rotatable bonds is 4. The summed E-state index contributed by atoms with van der Waals surface area (Å²) in [6.07, 6.45) is -0.358. The van der Waals surface area contributed by atoms with Crippen LogP contribution in [0.4, 0.5) is 11.5 Å². The number of piperazine rings is 1. The fraction of sp³-hybridized carbons (Fsp3) is 0.417. The summed E-state index contributed by atoms with van der Waals surface area (Å²) in [4.78, 5) is 38.6. The molecule has 0 radical (unpaired) electrons. The van der Waals surface area contributed by atoms with Crippen LogP contribution in [-0.2, 0) is 9.59 Å². The molecule has 1 aliphatic heterocycles. The van der Waals surface area contributed by atoms with Gasteiger partial charge >= 0.3 is 5.97 Å². The Morgan fingerprint density at radius 2 is 2.33 bits per heavy atom. The number of aryl methyl sites for hydroxylation is 1. The lowest BCUT2D eigenvalue weighted by Gasteiger charge is -2.35. The lowest BCUT2D eigenvalue weighted by Crippen LogP contribution is -2.56. The summed E-state index contributed by atoms with van der Waals surface area (Å²) >= 11 is 0. The van der Waals surface area contributed by atoms with Crippen LogP contribution in [0.25, 0.3) is 0 Å². The van der Waals surface area contributed by atoms with Gasteiger partial charge in [0, 0.05) is 19.2 Å². The summed E-state index contributed by atoms with van der Waals surface area (Å²) in [6.45, 7) is 2.26. The molecule has 9 heteroatoms. The molecule has 0 spiro atoms. The summed E-state index contributed by atoms with van der Waals surface area (Å²) < 4.78 is 0. The number of nitro groups is 1. The third kappa shape index (κ3) is 3.07. The molecule has 2 N–H and O–H groups in total. The van der Waals surface area contributed by atoms with E-state index in [-0.39, 0.29) is 23.7 Å². The van der Waals surface area contributed by atoms with Gasteiger partial charge in [-0.2, -0.15) is 0 Å². The molecule has 2 rings (SSSR count). The Bertz CT molecular complexity index is 603. The molecule has 1 amide bonds. The average Bonchev–Trinajstić information content (AvgIpc) is 2.40. The highest BCUT2D eigenvalue weighted by atomic mass is 16.6. The van der Waals surface area contributed by atoms with Gasteiger partial charge in [-0.15, -0.1) is 0 Å². The Labute approximate surface area is 119 Å². The molecule has 1 aliphatic rings. The van der Waals surface area contributed by atoms with Gasteiger partial charge in [0.25, 0.3) is 5.69 Å². The van der Waals surface area contributed by atoms with E-state index in [0.29, 0.717) is 18.9 Å². The minimum atomic E-state index is -1.10. The summed E-state index contributed by atoms with van der Waals surface area (Å²) in [6, 6.07) is 1.87. The first kappa shape index (κ1) is 14.7. The van der Waals surface area contributed by atoms with Crippen LogP contribution in [0.3, 0.4) is 0 Å². The molecule has 1 unspecified atom stereocenters. The van der Waals surface area contributed by atoms with Crippen LogP contribution in [-0.4, -0.2) is 46.0 Å². The van der Waals surface area contributed by atoms with E-state index in [9.17, 15) is 19.7 Å². The van der Waals surface area contributed by atoms with Gasteiger partial charge in [-0.25, -0.2) is 4.98 Å². The number of carbonyl (C=O) groups excluding carboxylic acids is 1. The van der Waals surface area contributed by atoms with Gasteiger partial charge in [0.05, 0.1) is 11.3 Å². The SMILES string of the molecule is Cc1nc(N2CCNC(=O)C2CC(=O)O)ccc1[N+](=O)[O-]. The minimum absolute atomic E-state index is 0.116. The maximum absolute atomic E-state index is 11.8. The van der Waals surface area contributed by atoms with E-state index in [0.717, 1.165) is 0 Å². The van der Waals surface area contributed by atoms with Crippen molar-refractivity contribution in [3.8, 4) is 0 Å². The fourth-order valence-corrected chi connectivity index (χ4v) is 2.25. The van der Waals surface area contributed by atoms with Crippen molar-refractivity contribution in [2.45, 2.75) is 19.4 Å². The first-order chi connectivity index (χ1) is 9.90. The smallest absolute Gasteiger partial charge is 0.305 e. The fourth-order valence-electron chi connectivity index (χ4n) is 2.25. The Kier molecular flexibility index (Phi) is 4.01. The maximum Gasteiger partial charge on any atom is 0.305 e. The van der Waals surface area contributed by atoms with Crippen LogP contribution in [0.1, 0.15) is 12.1 Å². The number of amides is 1. The van der Waals surface area contributed by atoms with Crippen LogP contribution in [0, 0.1) is 17.0 Å². The Morgan fingerprint density at radius 3 is 2.90 bits per heavy atom. The molecule has 1 atom stereocenters. The molecule has 0 bridgehead atoms. The van der Waals surface area contributed by atoms with E-state index < -0.39 is 16.9 Å². The molecule has 1 saturated heterocycles. The van der Waals surface area contributed by atoms with Gasteiger partial charge in [-0.3, -0.25) is 19.7 Å². The van der Waals surface area contributed by atoms with Crippen molar-refractivity contribution in [2.75, 3.05) is 18.0 Å². The van der Waals surface area contributed by atoms with E-state index in [1.165, 1.54) is 19.1 Å². The first-order valence-corrected chi connectivity index (χ1v) is 6.28. The highest BCUT2D eigenvalue weighted by Gasteiger charge is 2.33. The molecule has 1 aromatic rings. The number of hydrogen-bond acceptors (Lipinski definition) is 6. The summed E-state index contributed by atoms with van der Waals surface area (Å²) in [5.41, 5.74) is 0.104. The predicted molar refractivity (Wildman–Crippen MR) is 72.0 cm³/mol. The molecule has 1 fully saturated rings. The van der Waals surface area contributed by atoms with Gasteiger partial charge in [0.2, 0.25) is 5.91 Å². The largest absolute Gasteiger partial charge is 0.481 e. The van der Waals surface area contributed by atoms with Crippen LogP contribution >= 0.6 is 0 Å². The Balaban J connectivity index is 2.33. The number of hydrogen-bond donors (Lipinski definition) is 2. The van der Waals surface area contributed by atoms with Crippen molar-refractivity contribution in [3.05, 3.63) is 27.9 Å². The Hall–Kier alpha value is -2.71. The van der Waals surface area contributed by atoms with Crippen LogP contribution in [0.2, 0.25) is 0 Å². The highest BCUT2D eigenvalue weighted by molar-refractivity contribution is 5.90. The van der Waals surface area contributed by atoms with E-state index >= 15 is 0 Å². The molecular weight excluding hydrogens is 280 g/mol. The quantitative estimate of drug-likeness (QED) is 0.594. The number of aliphatic carboxylic acids is 1. The van der Waals surface area contributed by atoms with E-state index in [4.69, 9.17) is 5.11 Å². The number of aromatic nitrogens is 1. The Morgan fingerprint density at radius 1 is 1.62 bits per heavy atom. The van der Waals surface area contributed by atoms with E-state index in [1.54, 1.807) is 4.90 Å². The van der Waals surface area contributed by atoms with Crippen molar-refractivity contribution >= 4 is 23.4 Å². The molecule has 2 heterocycles. The lowest BCUT2D eigenvalue weighted by atomic mass is 10.1. The zero-order valence-electron chi connectivity index (χ0n) is 11.3. The van der Waals surface area contributed by atoms with Crippen molar-refractivity contribution < 1.29 is 19.6 Å². The highest BCUT2D eigenvalue weighted by Crippen LogP contribution is 2.23. The van der Waals surface area contributed by atoms with E-state index in [1.807, 2.05) is 0 Å². The molecule has 112 valence electrons. The van der Waals surface area contributed by atoms with Crippen LogP contribution in [0.5, 0.6) is 0 Å². The minimum Gasteiger partial charge on any atom is -0.481 e. The first-order valence-electron chi connectivity index (χ1n) is 6.28. The van der Waals surface area contributed by atoms with Crippen molar-refractivity contribution in [3.63, 3.8) is 0 Å². The molecule has 9 nitrogen and oxygen atoms in total. The number of carboxylic acid groups (broad SMARTS) is 1. The van der Waals surface area contributed by atoms with Crippen LogP contribution < -0.4 is 10.2 Å². The molecule has 21 heavy (non-hydrogen) atoms. The lowest BCUT2D eigenvalue weighted by molar-refractivity contribution is -0.385. The second kappa shape index (κ2) is 5.73. The molecule has 0 aliphatic carbocycles. The number of pyridine rings is 1. The molecular formula is C12H14N4O5. The number of nitrogens with one attached hydrogen (secondary N) is 1. The maximum atomic E-state index is 11.8. The zero-order valence-corrected chi connectivity index (χ0v) is 11.3. The van der Waals surface area contributed by atoms with Gasteiger partial charge in [0.1, 0.15) is 17.6 Å². The zero-order chi connectivity index (χ0) is 15.6. The van der Waals surface area contributed by atoms with Gasteiger partial charge in [-0.05, 0) is 13.0 Å². The number of carboxylic acids is 1. The second-order valence-electron chi connectivity index (χ2n) is 4.63. The van der Waals surface area contributed by atoms with Gasteiger partial charge < -0.3 is 15.3 Å². The average molecular weight is 294 g/mol. The van der Waals surface area contributed by atoms with Crippen molar-refractivity contribution in [1.29, 1.82) is 0 Å². The predicted octanol–water partition coefficient (Wildman–Crippen LogP) is 0.0777. The monoisotopic (exact) mass is 294 g/mol. The standard InChI is InChI=1S/C12H14N4O5/c1-7-8(16(20)21)2-3-10(14-7)15-5-4-13-12(19)9(15)6-11(17)18/h2-3,9H,4-6H2,1H3,(H,13,19)(H,17,18). The van der Waals surface area contributed by atoms with Gasteiger partial charge in [-0.1, -0.05) is 0 Å². The third-order valence-corrected chi connectivity index (χ3v) is 3.23. The normalized spacial score (nSPS) is 18.2. The second-order valence-corrected chi connectivity index (χ2v) is 4.63. The molecule has 0 saturated carbocycles. The summed E-state index contributed by atoms with van der Waals surface area (Å²) in [5.74, 6) is -1.12. The molecule has 1 aromatic heterocycles. The third-order valence-electron chi connectivity index (χ3n) is 3.23. The van der Waals surface area contributed by atoms with Crippen molar-refractivity contribution in [2.24, 2.45) is 0 Å². The summed E-state index contributed by atoms with van der Waals surface area (Å²) in [5, 5.41) is 22.3. The van der Waals surface area contributed by atoms with Gasteiger partial charge in [0.15, 0.2) is 0 Å². The number of anilines is 1.